The van der Waals surface area contributed by atoms with Gasteiger partial charge in [0.1, 0.15) is 13.2 Å². The molecule has 0 rings (SSSR count). The van der Waals surface area contributed by atoms with Crippen LogP contribution in [0.15, 0.2) is 122 Å². The summed E-state index contributed by atoms with van der Waals surface area (Å²) >= 11 is 0. The molecule has 0 aromatic heterocycles. The molecule has 6 heteroatoms. The lowest BCUT2D eigenvalue weighted by Crippen LogP contribution is -2.30. The minimum Gasteiger partial charge on any atom is -0.462 e. The first-order valence-electron chi connectivity index (χ1n) is 34.5. The van der Waals surface area contributed by atoms with Crippen LogP contribution in [-0.2, 0) is 28.6 Å². The zero-order valence-corrected chi connectivity index (χ0v) is 53.7. The van der Waals surface area contributed by atoms with Crippen molar-refractivity contribution in [3.63, 3.8) is 0 Å². The van der Waals surface area contributed by atoms with Gasteiger partial charge < -0.3 is 14.2 Å². The van der Waals surface area contributed by atoms with Crippen molar-refractivity contribution in [1.29, 1.82) is 0 Å². The highest BCUT2D eigenvalue weighted by Gasteiger charge is 2.19. The molecule has 0 spiro atoms. The van der Waals surface area contributed by atoms with Crippen molar-refractivity contribution in [2.45, 2.75) is 329 Å². The standard InChI is InChI=1S/C76H128O6/c1-4-7-10-13-16-19-22-25-27-29-30-31-32-33-34-35-36-37-38-39-40-41-42-43-44-45-46-48-49-51-54-57-60-63-66-69-75(78)81-72-73(71-80-74(77)68-65-62-59-56-53-24-21-18-15-12-9-6-3)82-76(79)70-67-64-61-58-55-52-50-47-28-26-23-20-17-14-11-8-5-2/h7-8,10-11,16-21,25-28,30-31,50,52,58,61,73H,4-6,9,12-15,22-24,29,32-49,51,53-57,59-60,62-72H2,1-3H3/b10-7-,11-8-,19-16-,20-17-,21-18-,27-25-,28-26-,31-30-,52-50-,61-58-. The van der Waals surface area contributed by atoms with Gasteiger partial charge >= 0.3 is 17.9 Å². The SMILES string of the molecule is CC/C=C\C/C=C\C/C=C\C/C=C\C/C=C\CCCC(=O)OC(COC(=O)CCCCCCC/C=C\CCCCC)COC(=O)CCCCCCCCCCCCCCCCCCCCCCCC/C=C\C/C=C\C/C=C\C/C=C\CC. The third kappa shape index (κ3) is 66.6. The molecule has 1 unspecified atom stereocenters. The summed E-state index contributed by atoms with van der Waals surface area (Å²) in [5.41, 5.74) is 0. The van der Waals surface area contributed by atoms with E-state index in [1.54, 1.807) is 0 Å². The summed E-state index contributed by atoms with van der Waals surface area (Å²) in [5, 5.41) is 0. The maximum absolute atomic E-state index is 12.9. The van der Waals surface area contributed by atoms with Gasteiger partial charge in [-0.25, -0.2) is 0 Å². The van der Waals surface area contributed by atoms with E-state index in [0.717, 1.165) is 116 Å². The molecule has 1 atom stereocenters. The first kappa shape index (κ1) is 77.8. The molecule has 0 radical (unpaired) electrons. The topological polar surface area (TPSA) is 78.9 Å². The normalized spacial score (nSPS) is 12.9. The Morgan fingerprint density at radius 1 is 0.256 bits per heavy atom. The lowest BCUT2D eigenvalue weighted by Gasteiger charge is -2.18. The molecule has 0 heterocycles. The van der Waals surface area contributed by atoms with Gasteiger partial charge in [0.25, 0.3) is 0 Å². The lowest BCUT2D eigenvalue weighted by molar-refractivity contribution is -0.167. The quantitative estimate of drug-likeness (QED) is 0.0261. The molecular formula is C76H128O6. The van der Waals surface area contributed by atoms with Gasteiger partial charge in [0.2, 0.25) is 0 Å². The summed E-state index contributed by atoms with van der Waals surface area (Å²) in [6.07, 6.45) is 96.8. The van der Waals surface area contributed by atoms with Crippen molar-refractivity contribution in [1.82, 2.24) is 0 Å². The van der Waals surface area contributed by atoms with Crippen molar-refractivity contribution in [3.8, 4) is 0 Å². The number of unbranched alkanes of at least 4 members (excludes halogenated alkanes) is 31. The molecule has 0 aliphatic heterocycles. The fraction of sp³-hybridized carbons (Fsp3) is 0.697. The highest BCUT2D eigenvalue weighted by Crippen LogP contribution is 2.17. The van der Waals surface area contributed by atoms with Crippen LogP contribution in [0.25, 0.3) is 0 Å². The molecule has 6 nitrogen and oxygen atoms in total. The fourth-order valence-corrected chi connectivity index (χ4v) is 9.58. The maximum Gasteiger partial charge on any atom is 0.306 e. The van der Waals surface area contributed by atoms with Crippen LogP contribution >= 0.6 is 0 Å². The molecule has 82 heavy (non-hydrogen) atoms. The number of hydrogen-bond acceptors (Lipinski definition) is 6. The van der Waals surface area contributed by atoms with Crippen molar-refractivity contribution < 1.29 is 28.6 Å². The van der Waals surface area contributed by atoms with Crippen molar-refractivity contribution in [2.75, 3.05) is 13.2 Å². The number of carbonyl (C=O) groups is 3. The zero-order chi connectivity index (χ0) is 59.2. The van der Waals surface area contributed by atoms with Crippen LogP contribution in [-0.4, -0.2) is 37.2 Å². The average Bonchev–Trinajstić information content (AvgIpc) is 3.47. The van der Waals surface area contributed by atoms with E-state index in [-0.39, 0.29) is 37.5 Å². The second-order valence-corrected chi connectivity index (χ2v) is 22.7. The predicted octanol–water partition coefficient (Wildman–Crippen LogP) is 23.9. The Morgan fingerprint density at radius 3 is 0.793 bits per heavy atom. The van der Waals surface area contributed by atoms with Crippen LogP contribution in [0.4, 0.5) is 0 Å². The number of allylic oxidation sites excluding steroid dienone is 20. The first-order valence-corrected chi connectivity index (χ1v) is 34.5. The van der Waals surface area contributed by atoms with Crippen molar-refractivity contribution in [3.05, 3.63) is 122 Å². The summed E-state index contributed by atoms with van der Waals surface area (Å²) < 4.78 is 16.9. The number of carbonyl (C=O) groups excluding carboxylic acids is 3. The highest BCUT2D eigenvalue weighted by atomic mass is 16.6. The molecule has 0 aromatic rings. The molecule has 468 valence electrons. The summed E-state index contributed by atoms with van der Waals surface area (Å²) in [7, 11) is 0. The summed E-state index contributed by atoms with van der Waals surface area (Å²) in [6.45, 7) is 6.36. The largest absolute Gasteiger partial charge is 0.462 e. The average molecular weight is 1140 g/mol. The molecule has 0 aliphatic rings. The van der Waals surface area contributed by atoms with E-state index in [4.69, 9.17) is 14.2 Å². The van der Waals surface area contributed by atoms with Gasteiger partial charge in [-0.15, -0.1) is 0 Å². The minimum atomic E-state index is -0.812. The Morgan fingerprint density at radius 2 is 0.488 bits per heavy atom. The fourth-order valence-electron chi connectivity index (χ4n) is 9.58. The second kappa shape index (κ2) is 69.3. The molecule has 0 bridgehead atoms. The van der Waals surface area contributed by atoms with Crippen LogP contribution in [0.5, 0.6) is 0 Å². The van der Waals surface area contributed by atoms with E-state index in [0.29, 0.717) is 19.3 Å². The Labute approximate surface area is 507 Å². The third-order valence-corrected chi connectivity index (χ3v) is 14.7. The Kier molecular flexibility index (Phi) is 65.8. The molecule has 0 saturated heterocycles. The summed E-state index contributed by atoms with van der Waals surface area (Å²) in [5.74, 6) is -0.961. The molecule has 0 aliphatic carbocycles. The van der Waals surface area contributed by atoms with Gasteiger partial charge in [-0.2, -0.15) is 0 Å². The molecular weight excluding hydrogens is 1010 g/mol. The van der Waals surface area contributed by atoms with Gasteiger partial charge in [-0.3, -0.25) is 14.4 Å². The van der Waals surface area contributed by atoms with E-state index >= 15 is 0 Å². The van der Waals surface area contributed by atoms with Gasteiger partial charge in [-0.05, 0) is 122 Å². The van der Waals surface area contributed by atoms with E-state index in [1.807, 2.05) is 0 Å². The first-order chi connectivity index (χ1) is 40.5. The van der Waals surface area contributed by atoms with Gasteiger partial charge in [0.15, 0.2) is 6.10 Å². The van der Waals surface area contributed by atoms with E-state index in [1.165, 1.54) is 161 Å². The maximum atomic E-state index is 12.9. The summed E-state index contributed by atoms with van der Waals surface area (Å²) in [6, 6.07) is 0. The molecule has 0 fully saturated rings. The van der Waals surface area contributed by atoms with Gasteiger partial charge in [0, 0.05) is 19.3 Å². The number of esters is 3. The van der Waals surface area contributed by atoms with Crippen LogP contribution < -0.4 is 0 Å². The number of ether oxygens (including phenoxy) is 3. The van der Waals surface area contributed by atoms with Crippen molar-refractivity contribution in [2.24, 2.45) is 0 Å². The minimum absolute atomic E-state index is 0.102. The van der Waals surface area contributed by atoms with E-state index in [9.17, 15) is 14.4 Å². The van der Waals surface area contributed by atoms with Crippen LogP contribution in [0.2, 0.25) is 0 Å². The molecule has 0 N–H and O–H groups in total. The Hall–Kier alpha value is -4.19. The summed E-state index contributed by atoms with van der Waals surface area (Å²) in [4.78, 5) is 38.3. The van der Waals surface area contributed by atoms with Gasteiger partial charge in [-0.1, -0.05) is 303 Å². The van der Waals surface area contributed by atoms with E-state index in [2.05, 4.69) is 142 Å². The Bertz CT molecular complexity index is 1690. The second-order valence-electron chi connectivity index (χ2n) is 22.7. The number of rotatable bonds is 62. The lowest BCUT2D eigenvalue weighted by atomic mass is 10.0. The number of hydrogen-bond donors (Lipinski definition) is 0. The smallest absolute Gasteiger partial charge is 0.306 e. The van der Waals surface area contributed by atoms with Gasteiger partial charge in [0.05, 0.1) is 0 Å². The van der Waals surface area contributed by atoms with Crippen molar-refractivity contribution >= 4 is 17.9 Å². The molecule has 0 saturated carbocycles. The van der Waals surface area contributed by atoms with Crippen LogP contribution in [0.3, 0.4) is 0 Å². The van der Waals surface area contributed by atoms with Crippen LogP contribution in [0.1, 0.15) is 323 Å². The predicted molar refractivity (Wildman–Crippen MR) is 357 cm³/mol. The highest BCUT2D eigenvalue weighted by molar-refractivity contribution is 5.71. The van der Waals surface area contributed by atoms with Crippen LogP contribution in [0, 0.1) is 0 Å². The zero-order valence-electron chi connectivity index (χ0n) is 53.7. The monoisotopic (exact) mass is 1140 g/mol. The molecule has 0 aromatic carbocycles. The third-order valence-electron chi connectivity index (χ3n) is 14.7. The Balaban J connectivity index is 4.15. The molecule has 0 amide bonds. The van der Waals surface area contributed by atoms with E-state index < -0.39 is 6.10 Å².